The van der Waals surface area contributed by atoms with E-state index in [1.165, 1.54) is 24.1 Å². The number of fused-ring (bicyclic) bond motifs is 1. The van der Waals surface area contributed by atoms with Gasteiger partial charge in [-0.2, -0.15) is 0 Å². The van der Waals surface area contributed by atoms with Crippen LogP contribution in [0.5, 0.6) is 0 Å². The molecule has 3 heterocycles. The van der Waals surface area contributed by atoms with Gasteiger partial charge in [0, 0.05) is 19.4 Å². The Labute approximate surface area is 111 Å². The molecule has 8 heteroatoms. The van der Waals surface area contributed by atoms with Gasteiger partial charge in [0.15, 0.2) is 11.2 Å². The third-order valence-electron chi connectivity index (χ3n) is 2.93. The van der Waals surface area contributed by atoms with Crippen molar-refractivity contribution < 1.29 is 4.79 Å². The predicted octanol–water partition coefficient (Wildman–Crippen LogP) is -0.493. The van der Waals surface area contributed by atoms with E-state index in [0.29, 0.717) is 5.56 Å². The minimum absolute atomic E-state index is 0.0287. The van der Waals surface area contributed by atoms with Gasteiger partial charge in [-0.15, -0.1) is 0 Å². The van der Waals surface area contributed by atoms with Crippen molar-refractivity contribution >= 4 is 17.1 Å². The predicted molar refractivity (Wildman–Crippen MR) is 69.6 cm³/mol. The lowest BCUT2D eigenvalue weighted by atomic mass is 10.2. The van der Waals surface area contributed by atoms with Crippen molar-refractivity contribution in [3.63, 3.8) is 0 Å². The van der Waals surface area contributed by atoms with Crippen molar-refractivity contribution in [2.24, 2.45) is 7.05 Å². The molecule has 20 heavy (non-hydrogen) atoms. The van der Waals surface area contributed by atoms with Crippen molar-refractivity contribution in [3.8, 4) is 0 Å². The van der Waals surface area contributed by atoms with E-state index in [0.717, 1.165) is 4.57 Å². The van der Waals surface area contributed by atoms with E-state index in [4.69, 9.17) is 0 Å². The second-order valence-electron chi connectivity index (χ2n) is 4.15. The van der Waals surface area contributed by atoms with Crippen LogP contribution in [0.4, 0.5) is 0 Å². The minimum Gasteiger partial charge on any atom is -0.279 e. The standard InChI is InChI=1S/C12H9N5O3/c1-16-9-8(10(18)15-12(16)20)17(6-14-9)11(19)7-3-2-4-13-5-7/h2-6H,1H3,(H,15,18,20). The second-order valence-corrected chi connectivity index (χ2v) is 4.15. The van der Waals surface area contributed by atoms with Crippen LogP contribution in [0.3, 0.4) is 0 Å². The number of hydrogen-bond acceptors (Lipinski definition) is 5. The van der Waals surface area contributed by atoms with Crippen molar-refractivity contribution in [2.45, 2.75) is 0 Å². The van der Waals surface area contributed by atoms with E-state index in [-0.39, 0.29) is 11.2 Å². The Hall–Kier alpha value is -3.03. The Morgan fingerprint density at radius 3 is 2.85 bits per heavy atom. The average molecular weight is 271 g/mol. The first-order valence-corrected chi connectivity index (χ1v) is 5.70. The van der Waals surface area contributed by atoms with Gasteiger partial charge < -0.3 is 0 Å². The van der Waals surface area contributed by atoms with E-state index >= 15 is 0 Å². The van der Waals surface area contributed by atoms with E-state index in [1.807, 2.05) is 0 Å². The molecule has 3 aromatic heterocycles. The molecular formula is C12H9N5O3. The highest BCUT2D eigenvalue weighted by Gasteiger charge is 2.17. The zero-order valence-corrected chi connectivity index (χ0v) is 10.4. The highest BCUT2D eigenvalue weighted by atomic mass is 16.2. The molecule has 0 bridgehead atoms. The Morgan fingerprint density at radius 1 is 1.35 bits per heavy atom. The molecule has 3 rings (SSSR count). The molecule has 0 amide bonds. The van der Waals surface area contributed by atoms with Crippen LogP contribution in [0, 0.1) is 0 Å². The molecular weight excluding hydrogens is 262 g/mol. The molecule has 0 aliphatic rings. The zero-order chi connectivity index (χ0) is 14.3. The number of H-pyrrole nitrogens is 1. The number of nitrogens with zero attached hydrogens (tertiary/aromatic N) is 4. The van der Waals surface area contributed by atoms with Gasteiger partial charge in [-0.3, -0.25) is 28.7 Å². The van der Waals surface area contributed by atoms with Crippen LogP contribution in [0.15, 0.2) is 40.4 Å². The van der Waals surface area contributed by atoms with Gasteiger partial charge in [-0.25, -0.2) is 9.78 Å². The van der Waals surface area contributed by atoms with E-state index in [2.05, 4.69) is 15.0 Å². The highest BCUT2D eigenvalue weighted by molar-refractivity contribution is 6.00. The normalized spacial score (nSPS) is 10.8. The number of imidazole rings is 1. The summed E-state index contributed by atoms with van der Waals surface area (Å²) in [6.07, 6.45) is 4.15. The fourth-order valence-electron chi connectivity index (χ4n) is 1.91. The molecule has 0 radical (unpaired) electrons. The molecule has 0 aliphatic heterocycles. The molecule has 3 aromatic rings. The lowest BCUT2D eigenvalue weighted by Gasteiger charge is -2.02. The summed E-state index contributed by atoms with van der Waals surface area (Å²) in [5, 5.41) is 0. The summed E-state index contributed by atoms with van der Waals surface area (Å²) in [5.41, 5.74) is -0.739. The molecule has 0 aromatic carbocycles. The number of aryl methyl sites for hydroxylation is 1. The largest absolute Gasteiger partial charge is 0.329 e. The SMILES string of the molecule is Cn1c(=O)[nH]c(=O)c2c1ncn2C(=O)c1cccnc1. The van der Waals surface area contributed by atoms with Gasteiger partial charge >= 0.3 is 5.69 Å². The maximum absolute atomic E-state index is 12.3. The first-order chi connectivity index (χ1) is 9.59. The van der Waals surface area contributed by atoms with Crippen molar-refractivity contribution in [1.29, 1.82) is 0 Å². The van der Waals surface area contributed by atoms with Crippen molar-refractivity contribution in [3.05, 3.63) is 57.3 Å². The minimum atomic E-state index is -0.655. The van der Waals surface area contributed by atoms with E-state index < -0.39 is 17.2 Å². The molecule has 0 spiro atoms. The average Bonchev–Trinajstić information content (AvgIpc) is 2.90. The Bertz CT molecular complexity index is 920. The summed E-state index contributed by atoms with van der Waals surface area (Å²) >= 11 is 0. The van der Waals surface area contributed by atoms with Crippen molar-refractivity contribution in [1.82, 2.24) is 24.1 Å². The highest BCUT2D eigenvalue weighted by Crippen LogP contribution is 2.08. The van der Waals surface area contributed by atoms with Gasteiger partial charge in [0.05, 0.1) is 5.56 Å². The third kappa shape index (κ3) is 1.66. The van der Waals surface area contributed by atoms with Crippen LogP contribution in [-0.2, 0) is 7.05 Å². The smallest absolute Gasteiger partial charge is 0.279 e. The third-order valence-corrected chi connectivity index (χ3v) is 2.93. The lowest BCUT2D eigenvalue weighted by Crippen LogP contribution is -2.30. The molecule has 0 aliphatic carbocycles. The Balaban J connectivity index is 2.29. The van der Waals surface area contributed by atoms with Gasteiger partial charge in [-0.1, -0.05) is 0 Å². The maximum Gasteiger partial charge on any atom is 0.329 e. The Kier molecular flexibility index (Phi) is 2.56. The van der Waals surface area contributed by atoms with Gasteiger partial charge in [0.2, 0.25) is 0 Å². The molecule has 0 fully saturated rings. The van der Waals surface area contributed by atoms with Gasteiger partial charge in [0.25, 0.3) is 11.5 Å². The van der Waals surface area contributed by atoms with Crippen LogP contribution in [0.25, 0.3) is 11.2 Å². The Morgan fingerprint density at radius 2 is 2.15 bits per heavy atom. The molecule has 8 nitrogen and oxygen atoms in total. The van der Waals surface area contributed by atoms with Crippen LogP contribution in [-0.4, -0.2) is 30.0 Å². The summed E-state index contributed by atoms with van der Waals surface area (Å²) in [4.78, 5) is 45.6. The number of nitrogens with one attached hydrogen (secondary N) is 1. The fraction of sp³-hybridized carbons (Fsp3) is 0.0833. The van der Waals surface area contributed by atoms with Gasteiger partial charge in [-0.05, 0) is 12.1 Å². The summed E-state index contributed by atoms with van der Waals surface area (Å²) in [5.74, 6) is -0.440. The summed E-state index contributed by atoms with van der Waals surface area (Å²) in [6.45, 7) is 0. The molecule has 0 saturated carbocycles. The lowest BCUT2D eigenvalue weighted by molar-refractivity contribution is 0.0964. The van der Waals surface area contributed by atoms with Crippen LogP contribution in [0.1, 0.15) is 10.4 Å². The molecule has 100 valence electrons. The van der Waals surface area contributed by atoms with Crippen LogP contribution < -0.4 is 11.2 Å². The summed E-state index contributed by atoms with van der Waals surface area (Å²) in [7, 11) is 1.46. The number of rotatable bonds is 1. The van der Waals surface area contributed by atoms with Gasteiger partial charge in [0.1, 0.15) is 6.33 Å². The fourth-order valence-corrected chi connectivity index (χ4v) is 1.91. The van der Waals surface area contributed by atoms with E-state index in [1.54, 1.807) is 18.3 Å². The molecule has 1 N–H and O–H groups in total. The monoisotopic (exact) mass is 271 g/mol. The number of pyridine rings is 1. The number of carbonyl (C=O) groups is 1. The van der Waals surface area contributed by atoms with E-state index in [9.17, 15) is 14.4 Å². The number of carbonyl (C=O) groups excluding carboxylic acids is 1. The summed E-state index contributed by atoms with van der Waals surface area (Å²) < 4.78 is 2.27. The van der Waals surface area contributed by atoms with Crippen molar-refractivity contribution in [2.75, 3.05) is 0 Å². The maximum atomic E-state index is 12.3. The zero-order valence-electron chi connectivity index (χ0n) is 10.4. The molecule has 0 atom stereocenters. The first kappa shape index (κ1) is 12.0. The number of hydrogen-bond donors (Lipinski definition) is 1. The number of aromatic nitrogens is 5. The second kappa shape index (κ2) is 4.26. The summed E-state index contributed by atoms with van der Waals surface area (Å²) in [6, 6.07) is 3.20. The first-order valence-electron chi connectivity index (χ1n) is 5.70. The van der Waals surface area contributed by atoms with Crippen LogP contribution in [0.2, 0.25) is 0 Å². The molecule has 0 saturated heterocycles. The number of aromatic amines is 1. The topological polar surface area (TPSA) is 103 Å². The van der Waals surface area contributed by atoms with Crippen LogP contribution >= 0.6 is 0 Å². The quantitative estimate of drug-likeness (QED) is 0.643. The molecule has 0 unspecified atom stereocenters.